The van der Waals surface area contributed by atoms with Gasteiger partial charge in [-0.1, -0.05) is 6.08 Å². The lowest BCUT2D eigenvalue weighted by atomic mass is 10.2. The lowest BCUT2D eigenvalue weighted by Crippen LogP contribution is -2.25. The lowest BCUT2D eigenvalue weighted by molar-refractivity contribution is -0.151. The van der Waals surface area contributed by atoms with Gasteiger partial charge in [-0.2, -0.15) is 0 Å². The monoisotopic (exact) mass is 260 g/mol. The van der Waals surface area contributed by atoms with Gasteiger partial charge in [0.05, 0.1) is 12.9 Å². The molecule has 17 heavy (non-hydrogen) atoms. The van der Waals surface area contributed by atoms with Crippen molar-refractivity contribution in [3.05, 3.63) is 11.6 Å². The predicted molar refractivity (Wildman–Crippen MR) is 68.9 cm³/mol. The molecule has 0 atom stereocenters. The van der Waals surface area contributed by atoms with Crippen molar-refractivity contribution in [2.45, 2.75) is 33.3 Å². The maximum atomic E-state index is 11.3. The van der Waals surface area contributed by atoms with Crippen LogP contribution < -0.4 is 0 Å². The predicted octanol–water partition coefficient (Wildman–Crippen LogP) is 2.18. The van der Waals surface area contributed by atoms with Gasteiger partial charge in [0.2, 0.25) is 0 Å². The van der Waals surface area contributed by atoms with Crippen LogP contribution in [0.5, 0.6) is 0 Å². The largest absolute Gasteiger partial charge is 0.466 e. The van der Waals surface area contributed by atoms with Crippen LogP contribution in [0.1, 0.15) is 27.7 Å². The van der Waals surface area contributed by atoms with E-state index in [9.17, 15) is 9.59 Å². The van der Waals surface area contributed by atoms with Gasteiger partial charge in [0, 0.05) is 11.3 Å². The summed E-state index contributed by atoms with van der Waals surface area (Å²) in [6, 6.07) is 0. The van der Waals surface area contributed by atoms with Crippen LogP contribution in [0.4, 0.5) is 0 Å². The van der Waals surface area contributed by atoms with Crippen LogP contribution in [0.25, 0.3) is 0 Å². The Labute approximate surface area is 107 Å². The summed E-state index contributed by atoms with van der Waals surface area (Å²) >= 11 is 1.40. The number of esters is 2. The van der Waals surface area contributed by atoms with E-state index in [0.29, 0.717) is 11.3 Å². The van der Waals surface area contributed by atoms with Crippen LogP contribution in [0.2, 0.25) is 0 Å². The zero-order valence-corrected chi connectivity index (χ0v) is 11.8. The Balaban J connectivity index is 3.86. The Kier molecular flexibility index (Phi) is 6.95. The Bertz CT molecular complexity index is 302. The van der Waals surface area contributed by atoms with Gasteiger partial charge in [-0.05, 0) is 27.7 Å². The van der Waals surface area contributed by atoms with Gasteiger partial charge in [-0.15, -0.1) is 11.8 Å². The third-order valence-electron chi connectivity index (χ3n) is 1.65. The molecule has 0 aromatic carbocycles. The smallest absolute Gasteiger partial charge is 0.333 e. The van der Waals surface area contributed by atoms with E-state index in [1.54, 1.807) is 13.0 Å². The van der Waals surface area contributed by atoms with E-state index in [-0.39, 0.29) is 17.7 Å². The average molecular weight is 260 g/mol. The first-order chi connectivity index (χ1) is 7.76. The minimum atomic E-state index is -0.449. The quantitative estimate of drug-likeness (QED) is 0.431. The normalized spacial score (nSPS) is 12.2. The van der Waals surface area contributed by atoms with E-state index < -0.39 is 5.60 Å². The third-order valence-corrected chi connectivity index (χ3v) is 2.50. The number of carbonyl (C=O) groups is 2. The Morgan fingerprint density at radius 3 is 2.35 bits per heavy atom. The van der Waals surface area contributed by atoms with Gasteiger partial charge in [-0.25, -0.2) is 4.79 Å². The van der Waals surface area contributed by atoms with Crippen molar-refractivity contribution in [2.24, 2.45) is 0 Å². The van der Waals surface area contributed by atoms with Gasteiger partial charge in [-0.3, -0.25) is 4.79 Å². The number of carbonyl (C=O) groups excluding carboxylic acids is 2. The molecule has 0 heterocycles. The molecule has 0 fully saturated rings. The molecule has 0 radical (unpaired) electrons. The molecular weight excluding hydrogens is 240 g/mol. The second-order valence-electron chi connectivity index (χ2n) is 4.48. The highest BCUT2D eigenvalue weighted by Gasteiger charge is 2.15. The van der Waals surface area contributed by atoms with Crippen molar-refractivity contribution in [2.75, 3.05) is 18.6 Å². The van der Waals surface area contributed by atoms with Gasteiger partial charge < -0.3 is 9.47 Å². The maximum absolute atomic E-state index is 11.3. The molecule has 0 aromatic heterocycles. The molecule has 0 amide bonds. The summed E-state index contributed by atoms with van der Waals surface area (Å²) in [5.74, 6) is 0.275. The highest BCUT2D eigenvalue weighted by Crippen LogP contribution is 2.10. The van der Waals surface area contributed by atoms with Crippen molar-refractivity contribution in [1.29, 1.82) is 0 Å². The Morgan fingerprint density at radius 2 is 1.88 bits per heavy atom. The summed E-state index contributed by atoms with van der Waals surface area (Å²) in [7, 11) is 1.34. The average Bonchev–Trinajstić information content (AvgIpc) is 2.20. The van der Waals surface area contributed by atoms with Crippen molar-refractivity contribution < 1.29 is 19.1 Å². The molecule has 0 aliphatic rings. The van der Waals surface area contributed by atoms with Crippen molar-refractivity contribution >= 4 is 23.7 Å². The minimum absolute atomic E-state index is 0.244. The number of hydrogen-bond donors (Lipinski definition) is 0. The van der Waals surface area contributed by atoms with Crippen LogP contribution in [-0.4, -0.2) is 36.2 Å². The molecule has 0 saturated carbocycles. The first-order valence-corrected chi connectivity index (χ1v) is 6.46. The summed E-state index contributed by atoms with van der Waals surface area (Å²) in [5.41, 5.74) is 0.0966. The standard InChI is InChI=1S/C12H20O4S/c1-9(11(14)15-5)6-7-17-8-10(13)16-12(2,3)4/h6H,7-8H2,1-5H3. The van der Waals surface area contributed by atoms with E-state index in [1.165, 1.54) is 18.9 Å². The van der Waals surface area contributed by atoms with Gasteiger partial charge in [0.1, 0.15) is 5.60 Å². The highest BCUT2D eigenvalue weighted by atomic mass is 32.2. The first-order valence-electron chi connectivity index (χ1n) is 5.31. The Hall–Kier alpha value is -0.970. The van der Waals surface area contributed by atoms with Gasteiger partial charge >= 0.3 is 11.9 Å². The topological polar surface area (TPSA) is 52.6 Å². The summed E-state index contributed by atoms with van der Waals surface area (Å²) in [4.78, 5) is 22.4. The van der Waals surface area contributed by atoms with Crippen LogP contribution in [0.3, 0.4) is 0 Å². The molecule has 5 heteroatoms. The molecule has 0 saturated heterocycles. The van der Waals surface area contributed by atoms with Crippen LogP contribution in [0.15, 0.2) is 11.6 Å². The molecule has 0 spiro atoms. The number of hydrogen-bond acceptors (Lipinski definition) is 5. The van der Waals surface area contributed by atoms with Crippen molar-refractivity contribution in [3.63, 3.8) is 0 Å². The fourth-order valence-corrected chi connectivity index (χ4v) is 1.65. The van der Waals surface area contributed by atoms with Crippen LogP contribution in [-0.2, 0) is 19.1 Å². The second kappa shape index (κ2) is 7.37. The van der Waals surface area contributed by atoms with Gasteiger partial charge in [0.15, 0.2) is 0 Å². The summed E-state index contributed by atoms with van der Waals surface area (Å²) < 4.78 is 9.69. The molecule has 0 aliphatic heterocycles. The fraction of sp³-hybridized carbons (Fsp3) is 0.667. The first kappa shape index (κ1) is 16.0. The third kappa shape index (κ3) is 8.80. The van der Waals surface area contributed by atoms with E-state index in [2.05, 4.69) is 4.74 Å². The SMILES string of the molecule is COC(=O)C(C)=CCSCC(=O)OC(C)(C)C. The second-order valence-corrected chi connectivity index (χ2v) is 5.51. The van der Waals surface area contributed by atoms with E-state index >= 15 is 0 Å². The van der Waals surface area contributed by atoms with E-state index in [4.69, 9.17) is 4.74 Å². The molecule has 0 rings (SSSR count). The molecule has 98 valence electrons. The van der Waals surface area contributed by atoms with Crippen LogP contribution in [0, 0.1) is 0 Å². The summed E-state index contributed by atoms with van der Waals surface area (Å²) in [6.45, 7) is 7.17. The van der Waals surface area contributed by atoms with E-state index in [0.717, 1.165) is 0 Å². The number of ether oxygens (including phenoxy) is 2. The maximum Gasteiger partial charge on any atom is 0.333 e. The Morgan fingerprint density at radius 1 is 1.29 bits per heavy atom. The molecule has 4 nitrogen and oxygen atoms in total. The fourth-order valence-electron chi connectivity index (χ4n) is 0.941. The number of methoxy groups -OCH3 is 1. The van der Waals surface area contributed by atoms with Crippen molar-refractivity contribution in [3.8, 4) is 0 Å². The number of rotatable bonds is 5. The molecule has 0 aliphatic carbocycles. The molecular formula is C12H20O4S. The summed E-state index contributed by atoms with van der Waals surface area (Å²) in [6.07, 6.45) is 1.74. The van der Waals surface area contributed by atoms with Gasteiger partial charge in [0.25, 0.3) is 0 Å². The van der Waals surface area contributed by atoms with Crippen LogP contribution >= 0.6 is 11.8 Å². The zero-order valence-electron chi connectivity index (χ0n) is 11.0. The molecule has 0 unspecified atom stereocenters. The highest BCUT2D eigenvalue weighted by molar-refractivity contribution is 8.00. The van der Waals surface area contributed by atoms with Crippen molar-refractivity contribution in [1.82, 2.24) is 0 Å². The number of thioether (sulfide) groups is 1. The summed E-state index contributed by atoms with van der Waals surface area (Å²) in [5, 5.41) is 0. The zero-order chi connectivity index (χ0) is 13.5. The molecule has 0 bridgehead atoms. The molecule has 0 aromatic rings. The lowest BCUT2D eigenvalue weighted by Gasteiger charge is -2.19. The molecule has 0 N–H and O–H groups in total. The minimum Gasteiger partial charge on any atom is -0.466 e. The van der Waals surface area contributed by atoms with E-state index in [1.807, 2.05) is 20.8 Å².